The first kappa shape index (κ1) is 14.5. The molecule has 2 fully saturated rings. The van der Waals surface area contributed by atoms with Gasteiger partial charge in [0.05, 0.1) is 18.8 Å². The van der Waals surface area contributed by atoms with E-state index in [1.165, 1.54) is 31.4 Å². The molecule has 0 spiro atoms. The SMILES string of the molecule is CC(C)(C)OCC12CCCN1C1c3ccccc3OCC1C2. The van der Waals surface area contributed by atoms with Crippen molar-refractivity contribution in [3.63, 3.8) is 0 Å². The maximum Gasteiger partial charge on any atom is 0.124 e. The molecule has 2 saturated heterocycles. The quantitative estimate of drug-likeness (QED) is 0.829. The summed E-state index contributed by atoms with van der Waals surface area (Å²) in [7, 11) is 0. The highest BCUT2D eigenvalue weighted by Gasteiger charge is 2.56. The second kappa shape index (κ2) is 4.97. The molecule has 0 aromatic heterocycles. The molecule has 3 aliphatic heterocycles. The Labute approximate surface area is 133 Å². The fourth-order valence-corrected chi connectivity index (χ4v) is 4.66. The maximum absolute atomic E-state index is 6.23. The van der Waals surface area contributed by atoms with Crippen LogP contribution < -0.4 is 4.74 Å². The van der Waals surface area contributed by atoms with Crippen molar-refractivity contribution in [2.45, 2.75) is 57.2 Å². The molecule has 0 aliphatic carbocycles. The van der Waals surface area contributed by atoms with Crippen molar-refractivity contribution in [1.29, 1.82) is 0 Å². The molecule has 3 heteroatoms. The van der Waals surface area contributed by atoms with Crippen LogP contribution in [0.2, 0.25) is 0 Å². The number of hydrogen-bond donors (Lipinski definition) is 0. The zero-order chi connectivity index (χ0) is 15.4. The fraction of sp³-hybridized carbons (Fsp3) is 0.684. The minimum atomic E-state index is -0.0643. The minimum Gasteiger partial charge on any atom is -0.493 e. The van der Waals surface area contributed by atoms with Crippen LogP contribution in [0.15, 0.2) is 24.3 Å². The Bertz CT molecular complexity index is 565. The van der Waals surface area contributed by atoms with Gasteiger partial charge in [0.2, 0.25) is 0 Å². The van der Waals surface area contributed by atoms with E-state index < -0.39 is 0 Å². The Morgan fingerprint density at radius 3 is 2.95 bits per heavy atom. The van der Waals surface area contributed by atoms with Gasteiger partial charge in [-0.1, -0.05) is 18.2 Å². The minimum absolute atomic E-state index is 0.0643. The molecule has 22 heavy (non-hydrogen) atoms. The van der Waals surface area contributed by atoms with Gasteiger partial charge in [0.1, 0.15) is 5.75 Å². The Kier molecular flexibility index (Phi) is 3.28. The van der Waals surface area contributed by atoms with Gasteiger partial charge < -0.3 is 9.47 Å². The Hall–Kier alpha value is -1.06. The summed E-state index contributed by atoms with van der Waals surface area (Å²) in [6.07, 6.45) is 3.76. The predicted octanol–water partition coefficient (Wildman–Crippen LogP) is 3.79. The molecule has 3 nitrogen and oxygen atoms in total. The van der Waals surface area contributed by atoms with E-state index >= 15 is 0 Å². The molecule has 3 unspecified atom stereocenters. The zero-order valence-corrected chi connectivity index (χ0v) is 14.0. The van der Waals surface area contributed by atoms with E-state index in [0.29, 0.717) is 12.0 Å². The topological polar surface area (TPSA) is 21.7 Å². The van der Waals surface area contributed by atoms with Gasteiger partial charge in [-0.05, 0) is 52.6 Å². The molecular formula is C19H27NO2. The summed E-state index contributed by atoms with van der Waals surface area (Å²) < 4.78 is 12.3. The van der Waals surface area contributed by atoms with Crippen LogP contribution in [0.1, 0.15) is 51.6 Å². The smallest absolute Gasteiger partial charge is 0.124 e. The van der Waals surface area contributed by atoms with Gasteiger partial charge in [0.25, 0.3) is 0 Å². The first-order valence-electron chi connectivity index (χ1n) is 8.61. The summed E-state index contributed by atoms with van der Waals surface area (Å²) in [6, 6.07) is 9.12. The van der Waals surface area contributed by atoms with Gasteiger partial charge in [-0.2, -0.15) is 0 Å². The summed E-state index contributed by atoms with van der Waals surface area (Å²) in [6.45, 7) is 9.38. The lowest BCUT2D eigenvalue weighted by Gasteiger charge is -2.38. The first-order chi connectivity index (χ1) is 10.5. The first-order valence-corrected chi connectivity index (χ1v) is 8.61. The van der Waals surface area contributed by atoms with Crippen molar-refractivity contribution < 1.29 is 9.47 Å². The monoisotopic (exact) mass is 301 g/mol. The van der Waals surface area contributed by atoms with Crippen LogP contribution in [0.3, 0.4) is 0 Å². The molecule has 0 saturated carbocycles. The van der Waals surface area contributed by atoms with Crippen LogP contribution in [0.5, 0.6) is 5.75 Å². The van der Waals surface area contributed by atoms with Crippen molar-refractivity contribution in [3.05, 3.63) is 29.8 Å². The summed E-state index contributed by atoms with van der Waals surface area (Å²) in [5.41, 5.74) is 1.55. The standard InChI is InChI=1S/C19H27NO2/c1-18(2,3)22-13-19-9-6-10-20(19)17-14(11-19)12-21-16-8-5-4-7-15(16)17/h4-5,7-8,14,17H,6,9-13H2,1-3H3. The van der Waals surface area contributed by atoms with Crippen LogP contribution in [0, 0.1) is 5.92 Å². The van der Waals surface area contributed by atoms with E-state index in [-0.39, 0.29) is 11.1 Å². The van der Waals surface area contributed by atoms with E-state index in [2.05, 4.69) is 49.9 Å². The molecule has 3 aliphatic rings. The summed E-state index contributed by atoms with van der Waals surface area (Å²) in [5, 5.41) is 0. The molecule has 0 N–H and O–H groups in total. The molecule has 1 aromatic rings. The van der Waals surface area contributed by atoms with Crippen LogP contribution >= 0.6 is 0 Å². The van der Waals surface area contributed by atoms with Gasteiger partial charge >= 0.3 is 0 Å². The number of ether oxygens (including phenoxy) is 2. The normalized spacial score (nSPS) is 34.0. The van der Waals surface area contributed by atoms with Gasteiger partial charge in [0.15, 0.2) is 0 Å². The number of para-hydroxylation sites is 1. The molecule has 0 amide bonds. The summed E-state index contributed by atoms with van der Waals surface area (Å²) in [5.74, 6) is 1.70. The van der Waals surface area contributed by atoms with E-state index in [9.17, 15) is 0 Å². The lowest BCUT2D eigenvalue weighted by atomic mass is 9.86. The average Bonchev–Trinajstić information content (AvgIpc) is 3.00. The van der Waals surface area contributed by atoms with Gasteiger partial charge in [-0.3, -0.25) is 4.90 Å². The zero-order valence-electron chi connectivity index (χ0n) is 14.0. The maximum atomic E-state index is 6.23. The van der Waals surface area contributed by atoms with Gasteiger partial charge in [-0.15, -0.1) is 0 Å². The highest BCUT2D eigenvalue weighted by atomic mass is 16.5. The molecule has 0 bridgehead atoms. The van der Waals surface area contributed by atoms with Crippen LogP contribution in [0.25, 0.3) is 0 Å². The molecule has 3 atom stereocenters. The number of nitrogens with zero attached hydrogens (tertiary/aromatic N) is 1. The lowest BCUT2D eigenvalue weighted by molar-refractivity contribution is -0.0569. The van der Waals surface area contributed by atoms with Gasteiger partial charge in [-0.25, -0.2) is 0 Å². The summed E-state index contributed by atoms with van der Waals surface area (Å²) >= 11 is 0. The van der Waals surface area contributed by atoms with E-state index in [0.717, 1.165) is 19.0 Å². The van der Waals surface area contributed by atoms with Crippen molar-refractivity contribution in [2.24, 2.45) is 5.92 Å². The number of benzene rings is 1. The van der Waals surface area contributed by atoms with Crippen molar-refractivity contribution in [2.75, 3.05) is 19.8 Å². The van der Waals surface area contributed by atoms with Crippen LogP contribution in [-0.4, -0.2) is 35.8 Å². The van der Waals surface area contributed by atoms with Crippen molar-refractivity contribution in [1.82, 2.24) is 4.90 Å². The number of fused-ring (bicyclic) bond motifs is 5. The van der Waals surface area contributed by atoms with E-state index in [1.54, 1.807) is 0 Å². The largest absolute Gasteiger partial charge is 0.493 e. The van der Waals surface area contributed by atoms with E-state index in [1.807, 2.05) is 0 Å². The van der Waals surface area contributed by atoms with Gasteiger partial charge in [0, 0.05) is 23.1 Å². The third-order valence-electron chi connectivity index (χ3n) is 5.54. The third-order valence-corrected chi connectivity index (χ3v) is 5.54. The fourth-order valence-electron chi connectivity index (χ4n) is 4.66. The average molecular weight is 301 g/mol. The second-order valence-electron chi connectivity index (χ2n) is 8.18. The highest BCUT2D eigenvalue weighted by molar-refractivity contribution is 5.40. The number of hydrogen-bond acceptors (Lipinski definition) is 3. The molecule has 120 valence electrons. The highest BCUT2D eigenvalue weighted by Crippen LogP contribution is 2.55. The molecule has 4 rings (SSSR count). The number of rotatable bonds is 2. The lowest BCUT2D eigenvalue weighted by Crippen LogP contribution is -2.45. The third kappa shape index (κ3) is 2.26. The Morgan fingerprint density at radius 1 is 1.32 bits per heavy atom. The van der Waals surface area contributed by atoms with Crippen LogP contribution in [-0.2, 0) is 4.74 Å². The van der Waals surface area contributed by atoms with Crippen LogP contribution in [0.4, 0.5) is 0 Å². The van der Waals surface area contributed by atoms with Crippen molar-refractivity contribution >= 4 is 0 Å². The molecule has 1 aromatic carbocycles. The predicted molar refractivity (Wildman–Crippen MR) is 87.2 cm³/mol. The van der Waals surface area contributed by atoms with Crippen molar-refractivity contribution in [3.8, 4) is 5.75 Å². The summed E-state index contributed by atoms with van der Waals surface area (Å²) in [4.78, 5) is 2.74. The molecular weight excluding hydrogens is 274 g/mol. The molecule has 0 radical (unpaired) electrons. The second-order valence-corrected chi connectivity index (χ2v) is 8.18. The Morgan fingerprint density at radius 2 is 2.14 bits per heavy atom. The van der Waals surface area contributed by atoms with E-state index in [4.69, 9.17) is 9.47 Å². The Balaban J connectivity index is 1.64. The molecule has 3 heterocycles.